The number of carboxylic acid groups (broad SMARTS) is 1. The van der Waals surface area contributed by atoms with Crippen LogP contribution in [0, 0.1) is 5.41 Å². The van der Waals surface area contributed by atoms with Crippen LogP contribution in [0.2, 0.25) is 0 Å². The molecule has 0 radical (unpaired) electrons. The van der Waals surface area contributed by atoms with Crippen LogP contribution in [0.1, 0.15) is 32.1 Å². The molecule has 0 atom stereocenters. The molecule has 6 heteroatoms. The second-order valence-corrected chi connectivity index (χ2v) is 5.56. The summed E-state index contributed by atoms with van der Waals surface area (Å²) in [5.74, 6) is -0.791. The number of likely N-dealkylation sites (N-methyl/N-ethyl adjacent to an activating group) is 1. The minimum atomic E-state index is -0.791. The number of rotatable bonds is 6. The maximum Gasteiger partial charge on any atom is 0.314 e. The van der Waals surface area contributed by atoms with Gasteiger partial charge in [0.1, 0.15) is 0 Å². The Balaban J connectivity index is 2.35. The van der Waals surface area contributed by atoms with Gasteiger partial charge in [-0.3, -0.25) is 4.79 Å². The van der Waals surface area contributed by atoms with E-state index < -0.39 is 11.4 Å². The molecular formula is C13H25N3O3. The molecule has 0 bridgehead atoms. The summed E-state index contributed by atoms with van der Waals surface area (Å²) in [5, 5.41) is 14.8. The zero-order chi connectivity index (χ0) is 14.3. The average Bonchev–Trinajstić information content (AvgIpc) is 2.37. The molecule has 0 aromatic carbocycles. The molecule has 0 aliphatic heterocycles. The molecule has 1 aliphatic rings. The Labute approximate surface area is 114 Å². The Bertz CT molecular complexity index is 312. The Morgan fingerprint density at radius 1 is 1.16 bits per heavy atom. The molecule has 0 saturated heterocycles. The standard InChI is InChI=1S/C13H25N3O3/c1-16(2)9-8-14-12(19)15-10-13(11(17)18)6-4-3-5-7-13/h3-10H2,1-2H3,(H,17,18)(H2,14,15,19). The Morgan fingerprint density at radius 2 is 1.79 bits per heavy atom. The van der Waals surface area contributed by atoms with Crippen LogP contribution in [0.4, 0.5) is 4.79 Å². The van der Waals surface area contributed by atoms with Crippen LogP contribution in [-0.4, -0.2) is 55.7 Å². The van der Waals surface area contributed by atoms with Crippen molar-refractivity contribution in [2.75, 3.05) is 33.7 Å². The van der Waals surface area contributed by atoms with Crippen molar-refractivity contribution in [1.29, 1.82) is 0 Å². The third kappa shape index (κ3) is 5.06. The SMILES string of the molecule is CN(C)CCNC(=O)NCC1(C(=O)O)CCCCC1. The summed E-state index contributed by atoms with van der Waals surface area (Å²) in [6, 6.07) is -0.284. The van der Waals surface area contributed by atoms with Gasteiger partial charge in [0.2, 0.25) is 0 Å². The zero-order valence-corrected chi connectivity index (χ0v) is 11.9. The van der Waals surface area contributed by atoms with E-state index in [9.17, 15) is 14.7 Å². The molecule has 0 unspecified atom stereocenters. The quantitative estimate of drug-likeness (QED) is 0.670. The van der Waals surface area contributed by atoms with Crippen LogP contribution in [0.25, 0.3) is 0 Å². The largest absolute Gasteiger partial charge is 0.481 e. The maximum atomic E-state index is 11.6. The average molecular weight is 271 g/mol. The van der Waals surface area contributed by atoms with Crippen LogP contribution in [0.5, 0.6) is 0 Å². The fourth-order valence-corrected chi connectivity index (χ4v) is 2.40. The molecule has 6 nitrogen and oxygen atoms in total. The molecule has 3 N–H and O–H groups in total. The van der Waals surface area contributed by atoms with Crippen LogP contribution >= 0.6 is 0 Å². The van der Waals surface area contributed by atoms with E-state index in [1.165, 1.54) is 0 Å². The number of amides is 2. The minimum absolute atomic E-state index is 0.218. The highest BCUT2D eigenvalue weighted by Crippen LogP contribution is 2.35. The van der Waals surface area contributed by atoms with Crippen LogP contribution in [0.3, 0.4) is 0 Å². The minimum Gasteiger partial charge on any atom is -0.481 e. The van der Waals surface area contributed by atoms with E-state index >= 15 is 0 Å². The lowest BCUT2D eigenvalue weighted by molar-refractivity contribution is -0.150. The highest BCUT2D eigenvalue weighted by Gasteiger charge is 2.39. The van der Waals surface area contributed by atoms with Crippen molar-refractivity contribution in [3.63, 3.8) is 0 Å². The van der Waals surface area contributed by atoms with Crippen molar-refractivity contribution in [2.45, 2.75) is 32.1 Å². The summed E-state index contributed by atoms with van der Waals surface area (Å²) in [7, 11) is 3.86. The lowest BCUT2D eigenvalue weighted by Gasteiger charge is -2.33. The third-order valence-electron chi connectivity index (χ3n) is 3.70. The molecular weight excluding hydrogens is 246 g/mol. The molecule has 0 heterocycles. The highest BCUT2D eigenvalue weighted by atomic mass is 16.4. The van der Waals surface area contributed by atoms with Crippen molar-refractivity contribution in [3.8, 4) is 0 Å². The fourth-order valence-electron chi connectivity index (χ4n) is 2.40. The van der Waals surface area contributed by atoms with Gasteiger partial charge in [0.25, 0.3) is 0 Å². The van der Waals surface area contributed by atoms with Crippen LogP contribution in [-0.2, 0) is 4.79 Å². The van der Waals surface area contributed by atoms with Gasteiger partial charge in [-0.1, -0.05) is 19.3 Å². The number of urea groups is 1. The van der Waals surface area contributed by atoms with Gasteiger partial charge in [-0.25, -0.2) is 4.79 Å². The van der Waals surface area contributed by atoms with E-state index in [-0.39, 0.29) is 12.6 Å². The number of hydrogen-bond acceptors (Lipinski definition) is 3. The molecule has 0 aromatic heterocycles. The summed E-state index contributed by atoms with van der Waals surface area (Å²) < 4.78 is 0. The Kier molecular flexibility index (Phi) is 6.08. The number of carboxylic acids is 1. The van der Waals surface area contributed by atoms with E-state index in [0.717, 1.165) is 25.8 Å². The fraction of sp³-hybridized carbons (Fsp3) is 0.846. The number of hydrogen-bond donors (Lipinski definition) is 3. The Morgan fingerprint density at radius 3 is 2.32 bits per heavy atom. The van der Waals surface area contributed by atoms with Crippen molar-refractivity contribution >= 4 is 12.0 Å². The van der Waals surface area contributed by atoms with Crippen molar-refractivity contribution in [1.82, 2.24) is 15.5 Å². The molecule has 2 amide bonds. The summed E-state index contributed by atoms with van der Waals surface area (Å²) >= 11 is 0. The monoisotopic (exact) mass is 271 g/mol. The first kappa shape index (κ1) is 15.8. The van der Waals surface area contributed by atoms with Gasteiger partial charge >= 0.3 is 12.0 Å². The van der Waals surface area contributed by atoms with E-state index in [4.69, 9.17) is 0 Å². The molecule has 110 valence electrons. The maximum absolute atomic E-state index is 11.6. The van der Waals surface area contributed by atoms with Crippen molar-refractivity contribution < 1.29 is 14.7 Å². The first-order valence-electron chi connectivity index (χ1n) is 6.86. The van der Waals surface area contributed by atoms with Gasteiger partial charge in [-0.2, -0.15) is 0 Å². The highest BCUT2D eigenvalue weighted by molar-refractivity contribution is 5.78. The van der Waals surface area contributed by atoms with E-state index in [2.05, 4.69) is 10.6 Å². The number of nitrogens with zero attached hydrogens (tertiary/aromatic N) is 1. The van der Waals surface area contributed by atoms with Gasteiger partial charge in [-0.15, -0.1) is 0 Å². The smallest absolute Gasteiger partial charge is 0.314 e. The van der Waals surface area contributed by atoms with Gasteiger partial charge in [-0.05, 0) is 26.9 Å². The number of aliphatic carboxylic acids is 1. The molecule has 19 heavy (non-hydrogen) atoms. The van der Waals surface area contributed by atoms with Gasteiger partial charge in [0, 0.05) is 19.6 Å². The molecule has 1 saturated carbocycles. The van der Waals surface area contributed by atoms with Gasteiger partial charge in [0.05, 0.1) is 5.41 Å². The number of nitrogens with one attached hydrogen (secondary N) is 2. The zero-order valence-electron chi connectivity index (χ0n) is 11.9. The normalized spacial score (nSPS) is 18.1. The third-order valence-corrected chi connectivity index (χ3v) is 3.70. The molecule has 0 aromatic rings. The second-order valence-electron chi connectivity index (χ2n) is 5.56. The van der Waals surface area contributed by atoms with E-state index in [1.54, 1.807) is 0 Å². The second kappa shape index (κ2) is 7.33. The molecule has 1 aliphatic carbocycles. The van der Waals surface area contributed by atoms with Gasteiger partial charge in [0.15, 0.2) is 0 Å². The first-order valence-corrected chi connectivity index (χ1v) is 6.86. The van der Waals surface area contributed by atoms with E-state index in [0.29, 0.717) is 19.4 Å². The molecule has 1 fully saturated rings. The lowest BCUT2D eigenvalue weighted by atomic mass is 9.74. The summed E-state index contributed by atoms with van der Waals surface area (Å²) in [6.45, 7) is 1.53. The topological polar surface area (TPSA) is 81.7 Å². The van der Waals surface area contributed by atoms with Crippen molar-refractivity contribution in [2.24, 2.45) is 5.41 Å². The Hall–Kier alpha value is -1.30. The number of carbonyl (C=O) groups is 2. The lowest BCUT2D eigenvalue weighted by Crippen LogP contribution is -2.48. The first-order chi connectivity index (χ1) is 8.96. The molecule has 1 rings (SSSR count). The van der Waals surface area contributed by atoms with Crippen LogP contribution < -0.4 is 10.6 Å². The predicted molar refractivity (Wildman–Crippen MR) is 73.1 cm³/mol. The van der Waals surface area contributed by atoms with Crippen LogP contribution in [0.15, 0.2) is 0 Å². The van der Waals surface area contributed by atoms with Gasteiger partial charge < -0.3 is 20.6 Å². The van der Waals surface area contributed by atoms with Crippen molar-refractivity contribution in [3.05, 3.63) is 0 Å². The number of carbonyl (C=O) groups excluding carboxylic acids is 1. The summed E-state index contributed by atoms with van der Waals surface area (Å²) in [5.41, 5.74) is -0.767. The summed E-state index contributed by atoms with van der Waals surface area (Å²) in [4.78, 5) is 25.0. The van der Waals surface area contributed by atoms with E-state index in [1.807, 2.05) is 19.0 Å². The summed E-state index contributed by atoms with van der Waals surface area (Å²) in [6.07, 6.45) is 4.25. The molecule has 0 spiro atoms. The predicted octanol–water partition coefficient (Wildman–Crippen LogP) is 0.882.